The monoisotopic (exact) mass is 632 g/mol. The Labute approximate surface area is 213 Å². The van der Waals surface area contributed by atoms with Gasteiger partial charge in [0.15, 0.2) is 0 Å². The van der Waals surface area contributed by atoms with E-state index in [1.54, 1.807) is 0 Å². The minimum absolute atomic E-state index is 0. The lowest BCUT2D eigenvalue weighted by molar-refractivity contribution is -0.139. The first-order valence-electron chi connectivity index (χ1n) is 9.11. The van der Waals surface area contributed by atoms with Gasteiger partial charge in [0, 0.05) is 25.8 Å². The number of nitrogen functional groups attached to an aromatic ring is 1. The van der Waals surface area contributed by atoms with Crippen molar-refractivity contribution >= 4 is 55.0 Å². The maximum atomic E-state index is 12.8. The quantitative estimate of drug-likeness (QED) is 0.148. The molecule has 0 bridgehead atoms. The number of nitrogens with one attached hydrogen (secondary N) is 2. The van der Waals surface area contributed by atoms with Crippen LogP contribution < -0.4 is 16.7 Å². The number of imide groups is 1. The van der Waals surface area contributed by atoms with Gasteiger partial charge in [-0.2, -0.15) is 31.4 Å². The second-order valence-corrected chi connectivity index (χ2v) is 8.55. The van der Waals surface area contributed by atoms with Crippen LogP contribution in [0.3, 0.4) is 0 Å². The predicted molar refractivity (Wildman–Crippen MR) is 127 cm³/mol. The van der Waals surface area contributed by atoms with Gasteiger partial charge >= 0.3 is 12.4 Å². The van der Waals surface area contributed by atoms with E-state index in [2.05, 4.69) is 42.7 Å². The van der Waals surface area contributed by atoms with E-state index in [0.29, 0.717) is 5.01 Å². The molecule has 2 aromatic rings. The second-order valence-electron chi connectivity index (χ2n) is 6.84. The number of hydrazine groups is 2. The summed E-state index contributed by atoms with van der Waals surface area (Å²) in [6.07, 6.45) is -8.91. The van der Waals surface area contributed by atoms with Crippen LogP contribution in [0.4, 0.5) is 37.7 Å². The van der Waals surface area contributed by atoms with Crippen LogP contribution in [-0.2, 0) is 21.9 Å². The fourth-order valence-electron chi connectivity index (χ4n) is 2.62. The largest absolute Gasteiger partial charge is 0.417 e. The topological polar surface area (TPSA) is 87.5 Å². The number of carbonyl (C=O) groups excluding carboxylic acids is 2. The van der Waals surface area contributed by atoms with E-state index >= 15 is 0 Å². The number of carbonyl (C=O) groups is 2. The fourth-order valence-corrected chi connectivity index (χ4v) is 3.57. The summed E-state index contributed by atoms with van der Waals surface area (Å²) in [5.74, 6) is 3.83. The SMILES string of the molecule is C.CC1=C(C)C(=O)N(Nc2ccc(Br)c(C(F)(F)F)c2)C1=O.NNc1ccc(Br)c(C(F)(F)F)c1. The van der Waals surface area contributed by atoms with E-state index in [0.717, 1.165) is 12.1 Å². The summed E-state index contributed by atoms with van der Waals surface area (Å²) in [6.45, 7) is 2.97. The van der Waals surface area contributed by atoms with Crippen LogP contribution >= 0.6 is 31.9 Å². The highest BCUT2D eigenvalue weighted by Gasteiger charge is 2.36. The van der Waals surface area contributed by atoms with E-state index in [4.69, 9.17) is 5.84 Å². The normalized spacial score (nSPS) is 13.9. The van der Waals surface area contributed by atoms with Gasteiger partial charge in [-0.3, -0.25) is 20.9 Å². The van der Waals surface area contributed by atoms with Crippen molar-refractivity contribution in [3.8, 4) is 0 Å². The van der Waals surface area contributed by atoms with Crippen molar-refractivity contribution in [3.63, 3.8) is 0 Å². The molecule has 0 radical (unpaired) electrons. The molecular weight excluding hydrogens is 614 g/mol. The van der Waals surface area contributed by atoms with Crippen molar-refractivity contribution in [2.24, 2.45) is 5.84 Å². The third kappa shape index (κ3) is 7.21. The van der Waals surface area contributed by atoms with Gasteiger partial charge in [-0.1, -0.05) is 39.3 Å². The Hall–Kier alpha value is -2.58. The molecule has 35 heavy (non-hydrogen) atoms. The van der Waals surface area contributed by atoms with Crippen LogP contribution in [0.2, 0.25) is 0 Å². The van der Waals surface area contributed by atoms with Crippen molar-refractivity contribution in [2.45, 2.75) is 33.6 Å². The molecule has 0 saturated heterocycles. The Bertz CT molecular complexity index is 1130. The lowest BCUT2D eigenvalue weighted by Gasteiger charge is -2.19. The molecule has 1 aliphatic rings. The van der Waals surface area contributed by atoms with Crippen molar-refractivity contribution in [1.82, 2.24) is 5.01 Å². The number of nitrogens with two attached hydrogens (primary N) is 1. The summed E-state index contributed by atoms with van der Waals surface area (Å²) in [5, 5.41) is 0.702. The molecule has 1 heterocycles. The Kier molecular flexibility index (Phi) is 9.95. The molecule has 6 nitrogen and oxygen atoms in total. The van der Waals surface area contributed by atoms with E-state index in [1.807, 2.05) is 0 Å². The first kappa shape index (κ1) is 30.5. The van der Waals surface area contributed by atoms with Gasteiger partial charge in [-0.15, -0.1) is 0 Å². The summed E-state index contributed by atoms with van der Waals surface area (Å²) in [7, 11) is 0. The number of anilines is 2. The number of rotatable bonds is 3. The maximum Gasteiger partial charge on any atom is 0.417 e. The molecule has 0 fully saturated rings. The van der Waals surface area contributed by atoms with E-state index in [1.165, 1.54) is 38.1 Å². The third-order valence-electron chi connectivity index (χ3n) is 4.56. The van der Waals surface area contributed by atoms with Gasteiger partial charge in [0.2, 0.25) is 0 Å². The summed E-state index contributed by atoms with van der Waals surface area (Å²) in [5.41, 5.74) is 3.66. The standard InChI is InChI=1S/C13H10BrF3N2O2.C7H6BrF3N2.CH4/c1-6-7(2)12(21)19(11(6)20)18-8-3-4-10(14)9(5-8)13(15,16)17;8-6-2-1-4(13-12)3-5(6)7(9,10)11;/h3-5,18H,1-2H3;1-3,13H,12H2;1H4. The lowest BCUT2D eigenvalue weighted by Crippen LogP contribution is -2.36. The summed E-state index contributed by atoms with van der Waals surface area (Å²) in [4.78, 5) is 23.7. The zero-order chi connectivity index (χ0) is 26.0. The van der Waals surface area contributed by atoms with Crippen LogP contribution in [0.5, 0.6) is 0 Å². The number of benzene rings is 2. The minimum atomic E-state index is -4.54. The van der Waals surface area contributed by atoms with Crippen molar-refractivity contribution in [1.29, 1.82) is 0 Å². The lowest BCUT2D eigenvalue weighted by atomic mass is 10.2. The molecule has 0 saturated carbocycles. The summed E-state index contributed by atoms with van der Waals surface area (Å²) >= 11 is 5.63. The Balaban J connectivity index is 0.000000378. The number of alkyl halides is 6. The van der Waals surface area contributed by atoms with Gasteiger partial charge in [-0.05, 0) is 50.2 Å². The van der Waals surface area contributed by atoms with E-state index in [9.17, 15) is 35.9 Å². The van der Waals surface area contributed by atoms with Crippen molar-refractivity contribution < 1.29 is 35.9 Å². The van der Waals surface area contributed by atoms with E-state index < -0.39 is 35.3 Å². The molecule has 192 valence electrons. The van der Waals surface area contributed by atoms with Gasteiger partial charge < -0.3 is 5.43 Å². The fraction of sp³-hybridized carbons (Fsp3) is 0.238. The first-order valence-corrected chi connectivity index (χ1v) is 10.7. The van der Waals surface area contributed by atoms with Crippen LogP contribution in [-0.4, -0.2) is 16.8 Å². The van der Waals surface area contributed by atoms with Crippen molar-refractivity contribution in [3.05, 3.63) is 67.6 Å². The highest BCUT2D eigenvalue weighted by Crippen LogP contribution is 2.37. The Morgan fingerprint density at radius 2 is 1.14 bits per heavy atom. The number of nitrogens with zero attached hydrogens (tertiary/aromatic N) is 1. The molecule has 0 unspecified atom stereocenters. The average Bonchev–Trinajstić information content (AvgIpc) is 2.92. The molecule has 0 aliphatic carbocycles. The van der Waals surface area contributed by atoms with Crippen LogP contribution in [0, 0.1) is 0 Å². The molecular formula is C21H20Br2F6N4O2. The van der Waals surface area contributed by atoms with Crippen molar-refractivity contribution in [2.75, 3.05) is 10.9 Å². The zero-order valence-electron chi connectivity index (χ0n) is 17.3. The molecule has 0 atom stereocenters. The average molecular weight is 634 g/mol. The number of amides is 2. The number of hydrogen-bond acceptors (Lipinski definition) is 5. The maximum absolute atomic E-state index is 12.8. The smallest absolute Gasteiger partial charge is 0.324 e. The molecule has 0 aromatic heterocycles. The summed E-state index contributed by atoms with van der Waals surface area (Å²) in [6, 6.07) is 7.03. The summed E-state index contributed by atoms with van der Waals surface area (Å²) < 4.78 is 75.1. The molecule has 2 amide bonds. The van der Waals surface area contributed by atoms with E-state index in [-0.39, 0.29) is 38.9 Å². The molecule has 4 N–H and O–H groups in total. The first-order chi connectivity index (χ1) is 15.6. The number of halogens is 8. The second kappa shape index (κ2) is 11.4. The van der Waals surface area contributed by atoms with Gasteiger partial charge in [0.1, 0.15) is 0 Å². The Morgan fingerprint density at radius 1 is 0.771 bits per heavy atom. The van der Waals surface area contributed by atoms with Gasteiger partial charge in [-0.25, -0.2) is 0 Å². The molecule has 1 aliphatic heterocycles. The zero-order valence-corrected chi connectivity index (χ0v) is 20.5. The Morgan fingerprint density at radius 3 is 1.51 bits per heavy atom. The van der Waals surface area contributed by atoms with Gasteiger partial charge in [0.05, 0.1) is 16.8 Å². The third-order valence-corrected chi connectivity index (χ3v) is 5.94. The van der Waals surface area contributed by atoms with Crippen LogP contribution in [0.1, 0.15) is 32.4 Å². The minimum Gasteiger partial charge on any atom is -0.324 e. The molecule has 0 spiro atoms. The number of hydrogen-bond donors (Lipinski definition) is 3. The highest BCUT2D eigenvalue weighted by atomic mass is 79.9. The molecule has 2 aromatic carbocycles. The van der Waals surface area contributed by atoms with Crippen LogP contribution in [0.25, 0.3) is 0 Å². The van der Waals surface area contributed by atoms with Gasteiger partial charge in [0.25, 0.3) is 11.8 Å². The molecule has 3 rings (SSSR count). The van der Waals surface area contributed by atoms with Crippen LogP contribution in [0.15, 0.2) is 56.5 Å². The predicted octanol–water partition coefficient (Wildman–Crippen LogP) is 6.89. The molecule has 14 heteroatoms. The highest BCUT2D eigenvalue weighted by molar-refractivity contribution is 9.10.